The summed E-state index contributed by atoms with van der Waals surface area (Å²) in [7, 11) is 0. The Kier molecular flexibility index (Phi) is 3.96. The minimum absolute atomic E-state index is 0.222. The number of aromatic hydroxyl groups is 1. The Bertz CT molecular complexity index is 848. The summed E-state index contributed by atoms with van der Waals surface area (Å²) in [6.45, 7) is 2.13. The molecule has 0 fully saturated rings. The molecule has 2 aromatic carbocycles. The van der Waals surface area contributed by atoms with E-state index in [1.165, 1.54) is 0 Å². The van der Waals surface area contributed by atoms with E-state index in [1.807, 2.05) is 36.4 Å². The summed E-state index contributed by atoms with van der Waals surface area (Å²) in [5.41, 5.74) is 1.91. The Morgan fingerprint density at radius 2 is 1.86 bits per heavy atom. The molecule has 1 aromatic heterocycles. The van der Waals surface area contributed by atoms with E-state index in [1.54, 1.807) is 12.1 Å². The van der Waals surface area contributed by atoms with Gasteiger partial charge in [0.1, 0.15) is 5.58 Å². The molecule has 0 aliphatic carbocycles. The van der Waals surface area contributed by atoms with Crippen LogP contribution in [0, 0.1) is 0 Å². The van der Waals surface area contributed by atoms with Crippen molar-refractivity contribution in [3.63, 3.8) is 0 Å². The van der Waals surface area contributed by atoms with Crippen LogP contribution in [0.1, 0.15) is 25.3 Å². The zero-order chi connectivity index (χ0) is 15.5. The number of aryl methyl sites for hydroxylation is 1. The smallest absolute Gasteiger partial charge is 0.235 e. The van der Waals surface area contributed by atoms with Gasteiger partial charge in [-0.25, -0.2) is 0 Å². The highest BCUT2D eigenvalue weighted by molar-refractivity contribution is 5.82. The molecule has 0 saturated heterocycles. The molecule has 112 valence electrons. The van der Waals surface area contributed by atoms with Crippen LogP contribution in [0.15, 0.2) is 57.7 Å². The molecule has 0 aliphatic rings. The van der Waals surface area contributed by atoms with Crippen LogP contribution in [0.2, 0.25) is 0 Å². The van der Waals surface area contributed by atoms with Gasteiger partial charge in [0.2, 0.25) is 11.2 Å². The molecule has 0 unspecified atom stereocenters. The van der Waals surface area contributed by atoms with Crippen LogP contribution >= 0.6 is 0 Å². The molecule has 3 heteroatoms. The van der Waals surface area contributed by atoms with Gasteiger partial charge in [0.05, 0.1) is 5.39 Å². The van der Waals surface area contributed by atoms with E-state index in [2.05, 4.69) is 6.92 Å². The Morgan fingerprint density at radius 1 is 1.09 bits per heavy atom. The minimum Gasteiger partial charge on any atom is -0.502 e. The number of hydrogen-bond donors (Lipinski definition) is 1. The lowest BCUT2D eigenvalue weighted by molar-refractivity contribution is 0.449. The zero-order valence-electron chi connectivity index (χ0n) is 12.5. The van der Waals surface area contributed by atoms with E-state index in [9.17, 15) is 9.90 Å². The van der Waals surface area contributed by atoms with Gasteiger partial charge in [-0.3, -0.25) is 4.79 Å². The lowest BCUT2D eigenvalue weighted by Crippen LogP contribution is -2.03. The van der Waals surface area contributed by atoms with Gasteiger partial charge < -0.3 is 9.52 Å². The number of unbranched alkanes of at least 4 members (excludes halogenated alkanes) is 1. The van der Waals surface area contributed by atoms with Crippen molar-refractivity contribution in [2.75, 3.05) is 0 Å². The van der Waals surface area contributed by atoms with Crippen molar-refractivity contribution < 1.29 is 9.52 Å². The fourth-order valence-corrected chi connectivity index (χ4v) is 2.55. The fourth-order valence-electron chi connectivity index (χ4n) is 2.55. The van der Waals surface area contributed by atoms with Crippen LogP contribution in [0.3, 0.4) is 0 Å². The predicted molar refractivity (Wildman–Crippen MR) is 88.2 cm³/mol. The van der Waals surface area contributed by atoms with E-state index >= 15 is 0 Å². The van der Waals surface area contributed by atoms with Gasteiger partial charge in [0.15, 0.2) is 5.76 Å². The monoisotopic (exact) mass is 294 g/mol. The fraction of sp³-hybridized carbons (Fsp3) is 0.211. The van der Waals surface area contributed by atoms with Crippen LogP contribution < -0.4 is 5.43 Å². The molecular weight excluding hydrogens is 276 g/mol. The summed E-state index contributed by atoms with van der Waals surface area (Å²) in [6, 6.07) is 14.8. The third-order valence-corrected chi connectivity index (χ3v) is 3.79. The van der Waals surface area contributed by atoms with Crippen LogP contribution in [0.5, 0.6) is 5.75 Å². The van der Waals surface area contributed by atoms with E-state index in [-0.39, 0.29) is 16.9 Å². The summed E-state index contributed by atoms with van der Waals surface area (Å²) < 4.78 is 5.77. The standard InChI is InChI=1S/C19H18O3/c1-2-3-7-13-10-11-16-15(12-13)17(20)18(21)19(22-16)14-8-5-4-6-9-14/h4-6,8-12,21H,2-3,7H2,1H3. The molecule has 3 aromatic rings. The van der Waals surface area contributed by atoms with Gasteiger partial charge in [0.25, 0.3) is 0 Å². The van der Waals surface area contributed by atoms with E-state index < -0.39 is 0 Å². The molecule has 1 heterocycles. The van der Waals surface area contributed by atoms with Crippen LogP contribution in [0.4, 0.5) is 0 Å². The molecule has 3 nitrogen and oxygen atoms in total. The zero-order valence-corrected chi connectivity index (χ0v) is 12.5. The Balaban J connectivity index is 2.16. The van der Waals surface area contributed by atoms with Gasteiger partial charge in [-0.15, -0.1) is 0 Å². The van der Waals surface area contributed by atoms with Gasteiger partial charge >= 0.3 is 0 Å². The van der Waals surface area contributed by atoms with Crippen LogP contribution in [-0.4, -0.2) is 5.11 Å². The van der Waals surface area contributed by atoms with E-state index in [0.717, 1.165) is 24.8 Å². The van der Waals surface area contributed by atoms with Crippen molar-refractivity contribution in [2.24, 2.45) is 0 Å². The molecule has 22 heavy (non-hydrogen) atoms. The highest BCUT2D eigenvalue weighted by Gasteiger charge is 2.15. The molecule has 0 spiro atoms. The number of fused-ring (bicyclic) bond motifs is 1. The predicted octanol–water partition coefficient (Wildman–Crippen LogP) is 4.51. The molecule has 0 bridgehead atoms. The molecule has 0 saturated carbocycles. The first-order chi connectivity index (χ1) is 10.7. The summed E-state index contributed by atoms with van der Waals surface area (Å²) in [5, 5.41) is 10.6. The maximum atomic E-state index is 12.4. The Hall–Kier alpha value is -2.55. The van der Waals surface area contributed by atoms with Gasteiger partial charge in [-0.2, -0.15) is 0 Å². The average Bonchev–Trinajstić information content (AvgIpc) is 2.57. The Morgan fingerprint density at radius 3 is 2.59 bits per heavy atom. The summed E-state index contributed by atoms with van der Waals surface area (Å²) in [4.78, 5) is 12.4. The summed E-state index contributed by atoms with van der Waals surface area (Å²) >= 11 is 0. The quantitative estimate of drug-likeness (QED) is 0.770. The topological polar surface area (TPSA) is 50.4 Å². The summed E-state index contributed by atoms with van der Waals surface area (Å²) in [5.74, 6) is -0.106. The van der Waals surface area contributed by atoms with Crippen molar-refractivity contribution in [1.82, 2.24) is 0 Å². The third kappa shape index (κ3) is 2.62. The first-order valence-corrected chi connectivity index (χ1v) is 7.55. The van der Waals surface area contributed by atoms with E-state index in [4.69, 9.17) is 4.42 Å². The van der Waals surface area contributed by atoms with Gasteiger partial charge in [-0.05, 0) is 30.5 Å². The first kappa shape index (κ1) is 14.4. The maximum Gasteiger partial charge on any atom is 0.235 e. The molecule has 0 atom stereocenters. The minimum atomic E-state index is -0.376. The van der Waals surface area contributed by atoms with Crippen LogP contribution in [-0.2, 0) is 6.42 Å². The second-order valence-electron chi connectivity index (χ2n) is 5.41. The Labute approximate surface area is 128 Å². The molecule has 0 aliphatic heterocycles. The third-order valence-electron chi connectivity index (χ3n) is 3.79. The largest absolute Gasteiger partial charge is 0.502 e. The number of rotatable bonds is 4. The lowest BCUT2D eigenvalue weighted by atomic mass is 10.0. The highest BCUT2D eigenvalue weighted by Crippen LogP contribution is 2.30. The molecule has 1 N–H and O–H groups in total. The van der Waals surface area contributed by atoms with Crippen molar-refractivity contribution in [3.8, 4) is 17.1 Å². The van der Waals surface area contributed by atoms with Crippen LogP contribution in [0.25, 0.3) is 22.3 Å². The highest BCUT2D eigenvalue weighted by atomic mass is 16.4. The van der Waals surface area contributed by atoms with Crippen molar-refractivity contribution >= 4 is 11.0 Å². The first-order valence-electron chi connectivity index (χ1n) is 7.55. The maximum absolute atomic E-state index is 12.4. The molecular formula is C19H18O3. The van der Waals surface area contributed by atoms with Crippen molar-refractivity contribution in [2.45, 2.75) is 26.2 Å². The van der Waals surface area contributed by atoms with Crippen molar-refractivity contribution in [1.29, 1.82) is 0 Å². The van der Waals surface area contributed by atoms with Gasteiger partial charge in [0, 0.05) is 5.56 Å². The summed E-state index contributed by atoms with van der Waals surface area (Å²) in [6.07, 6.45) is 3.10. The average molecular weight is 294 g/mol. The lowest BCUT2D eigenvalue weighted by Gasteiger charge is -2.07. The number of benzene rings is 2. The molecule has 3 rings (SSSR count). The van der Waals surface area contributed by atoms with Gasteiger partial charge in [-0.1, -0.05) is 49.7 Å². The normalized spacial score (nSPS) is 11.0. The molecule has 0 radical (unpaired) electrons. The number of hydrogen-bond acceptors (Lipinski definition) is 3. The second kappa shape index (κ2) is 6.06. The molecule has 0 amide bonds. The van der Waals surface area contributed by atoms with E-state index in [0.29, 0.717) is 16.5 Å². The SMILES string of the molecule is CCCCc1ccc2oc(-c3ccccc3)c(O)c(=O)c2c1. The van der Waals surface area contributed by atoms with Crippen molar-refractivity contribution in [3.05, 3.63) is 64.3 Å². The second-order valence-corrected chi connectivity index (χ2v) is 5.41.